The molecule has 3 nitrogen and oxygen atoms in total. The third-order valence-electron chi connectivity index (χ3n) is 2.79. The molecule has 0 aliphatic rings. The third-order valence-corrected chi connectivity index (χ3v) is 2.79. The van der Waals surface area contributed by atoms with Gasteiger partial charge in [-0.05, 0) is 30.5 Å². The summed E-state index contributed by atoms with van der Waals surface area (Å²) in [5.41, 5.74) is 7.00. The Morgan fingerprint density at radius 2 is 2.12 bits per heavy atom. The van der Waals surface area contributed by atoms with Crippen molar-refractivity contribution in [2.45, 2.75) is 13.3 Å². The quantitative estimate of drug-likeness (QED) is 0.860. The zero-order valence-electron chi connectivity index (χ0n) is 10.5. The molecule has 2 N–H and O–H groups in total. The van der Waals surface area contributed by atoms with Crippen molar-refractivity contribution in [1.29, 1.82) is 0 Å². The third kappa shape index (κ3) is 3.53. The topological polar surface area (TPSA) is 46.3 Å². The van der Waals surface area contributed by atoms with E-state index in [1.54, 1.807) is 27.1 Å². The van der Waals surface area contributed by atoms with Crippen LogP contribution in [0.1, 0.15) is 11.1 Å². The second kappa shape index (κ2) is 5.77. The van der Waals surface area contributed by atoms with Crippen LogP contribution in [0, 0.1) is 18.7 Å². The van der Waals surface area contributed by atoms with E-state index in [2.05, 4.69) is 0 Å². The predicted molar refractivity (Wildman–Crippen MR) is 66.1 cm³/mol. The maximum absolute atomic E-state index is 13.4. The molecule has 1 aromatic carbocycles. The van der Waals surface area contributed by atoms with Gasteiger partial charge in [0.15, 0.2) is 0 Å². The van der Waals surface area contributed by atoms with Crippen LogP contribution in [0.4, 0.5) is 4.39 Å². The summed E-state index contributed by atoms with van der Waals surface area (Å²) >= 11 is 0. The number of benzene rings is 1. The zero-order valence-corrected chi connectivity index (χ0v) is 10.5. The fourth-order valence-corrected chi connectivity index (χ4v) is 1.68. The average molecular weight is 238 g/mol. The van der Waals surface area contributed by atoms with Crippen molar-refractivity contribution in [3.63, 3.8) is 0 Å². The molecule has 0 radical (unpaired) electrons. The summed E-state index contributed by atoms with van der Waals surface area (Å²) in [6.07, 6.45) is 0.477. The highest BCUT2D eigenvalue weighted by Crippen LogP contribution is 2.14. The summed E-state index contributed by atoms with van der Waals surface area (Å²) in [5.74, 6) is -0.545. The van der Waals surface area contributed by atoms with Crippen LogP contribution in [0.2, 0.25) is 0 Å². The van der Waals surface area contributed by atoms with Crippen molar-refractivity contribution in [3.8, 4) is 0 Å². The van der Waals surface area contributed by atoms with E-state index in [4.69, 9.17) is 5.73 Å². The Labute approximate surface area is 101 Å². The van der Waals surface area contributed by atoms with Crippen LogP contribution in [0.15, 0.2) is 18.2 Å². The van der Waals surface area contributed by atoms with Gasteiger partial charge in [0.2, 0.25) is 5.91 Å². The minimum absolute atomic E-state index is 0.0199. The van der Waals surface area contributed by atoms with Gasteiger partial charge >= 0.3 is 0 Å². The molecule has 1 rings (SSSR count). The van der Waals surface area contributed by atoms with Crippen LogP contribution in [-0.4, -0.2) is 31.4 Å². The molecule has 0 heterocycles. The molecule has 0 aliphatic carbocycles. The number of nitrogens with zero attached hydrogens (tertiary/aromatic N) is 1. The lowest BCUT2D eigenvalue weighted by molar-refractivity contribution is -0.132. The van der Waals surface area contributed by atoms with Gasteiger partial charge in [-0.15, -0.1) is 0 Å². The Bertz CT molecular complexity index is 404. The Morgan fingerprint density at radius 3 is 2.59 bits per heavy atom. The second-order valence-corrected chi connectivity index (χ2v) is 4.45. The minimum atomic E-state index is -0.285. The van der Waals surface area contributed by atoms with E-state index >= 15 is 0 Å². The standard InChI is InChI=1S/C13H19FN2O/c1-9-4-5-10(7-12(9)14)6-11(8-15)13(17)16(2)3/h4-5,7,11H,6,8,15H2,1-3H3. The number of carbonyl (C=O) groups is 1. The Balaban J connectivity index is 2.80. The first-order valence-electron chi connectivity index (χ1n) is 5.62. The highest BCUT2D eigenvalue weighted by atomic mass is 19.1. The molecule has 1 atom stereocenters. The molecule has 1 amide bonds. The van der Waals surface area contributed by atoms with E-state index in [1.165, 1.54) is 11.0 Å². The number of amides is 1. The molecule has 0 bridgehead atoms. The smallest absolute Gasteiger partial charge is 0.226 e. The van der Waals surface area contributed by atoms with Crippen molar-refractivity contribution < 1.29 is 9.18 Å². The SMILES string of the molecule is Cc1ccc(CC(CN)C(=O)N(C)C)cc1F. The lowest BCUT2D eigenvalue weighted by Gasteiger charge is -2.19. The lowest BCUT2D eigenvalue weighted by atomic mass is 9.97. The Kier molecular flexibility index (Phi) is 4.63. The second-order valence-electron chi connectivity index (χ2n) is 4.45. The van der Waals surface area contributed by atoms with Crippen LogP contribution in [0.3, 0.4) is 0 Å². The summed E-state index contributed by atoms with van der Waals surface area (Å²) < 4.78 is 13.4. The van der Waals surface area contributed by atoms with Gasteiger partial charge in [-0.1, -0.05) is 12.1 Å². The largest absolute Gasteiger partial charge is 0.349 e. The minimum Gasteiger partial charge on any atom is -0.349 e. The van der Waals surface area contributed by atoms with Gasteiger partial charge in [0.25, 0.3) is 0 Å². The molecule has 1 aromatic rings. The molecule has 17 heavy (non-hydrogen) atoms. The molecular formula is C13H19FN2O. The normalized spacial score (nSPS) is 12.3. The summed E-state index contributed by atoms with van der Waals surface area (Å²) in [7, 11) is 3.39. The van der Waals surface area contributed by atoms with Crippen LogP contribution < -0.4 is 5.73 Å². The van der Waals surface area contributed by atoms with Crippen LogP contribution in [0.25, 0.3) is 0 Å². The van der Waals surface area contributed by atoms with Gasteiger partial charge < -0.3 is 10.6 Å². The van der Waals surface area contributed by atoms with Crippen LogP contribution in [0.5, 0.6) is 0 Å². The lowest BCUT2D eigenvalue weighted by Crippen LogP contribution is -2.35. The number of carbonyl (C=O) groups excluding carboxylic acids is 1. The van der Waals surface area contributed by atoms with Crippen molar-refractivity contribution in [2.24, 2.45) is 11.7 Å². The predicted octanol–water partition coefficient (Wildman–Crippen LogP) is 1.34. The molecular weight excluding hydrogens is 219 g/mol. The fourth-order valence-electron chi connectivity index (χ4n) is 1.68. The molecule has 0 aromatic heterocycles. The van der Waals surface area contributed by atoms with Crippen LogP contribution >= 0.6 is 0 Å². The number of hydrogen-bond acceptors (Lipinski definition) is 2. The molecule has 94 valence electrons. The summed E-state index contributed by atoms with van der Waals surface area (Å²) in [5, 5.41) is 0. The van der Waals surface area contributed by atoms with Crippen molar-refractivity contribution >= 4 is 5.91 Å². The molecule has 0 aliphatic heterocycles. The number of hydrogen-bond donors (Lipinski definition) is 1. The number of nitrogens with two attached hydrogens (primary N) is 1. The summed E-state index contributed by atoms with van der Waals surface area (Å²) in [6.45, 7) is 1.98. The average Bonchev–Trinajstić information content (AvgIpc) is 2.29. The van der Waals surface area contributed by atoms with Gasteiger partial charge in [0.1, 0.15) is 5.82 Å². The van der Waals surface area contributed by atoms with E-state index < -0.39 is 0 Å². The molecule has 0 fully saturated rings. The first-order valence-corrected chi connectivity index (χ1v) is 5.62. The first-order chi connectivity index (χ1) is 7.95. The number of rotatable bonds is 4. The van der Waals surface area contributed by atoms with Gasteiger partial charge in [0.05, 0.1) is 5.92 Å². The van der Waals surface area contributed by atoms with E-state index in [-0.39, 0.29) is 24.2 Å². The Morgan fingerprint density at radius 1 is 1.47 bits per heavy atom. The molecule has 0 saturated heterocycles. The van der Waals surface area contributed by atoms with E-state index in [0.717, 1.165) is 5.56 Å². The molecule has 1 unspecified atom stereocenters. The van der Waals surface area contributed by atoms with Gasteiger partial charge in [-0.2, -0.15) is 0 Å². The van der Waals surface area contributed by atoms with Crippen molar-refractivity contribution in [2.75, 3.05) is 20.6 Å². The summed E-state index contributed by atoms with van der Waals surface area (Å²) in [6, 6.07) is 5.03. The van der Waals surface area contributed by atoms with E-state index in [0.29, 0.717) is 12.0 Å². The summed E-state index contributed by atoms with van der Waals surface area (Å²) in [4.78, 5) is 13.3. The highest BCUT2D eigenvalue weighted by Gasteiger charge is 2.19. The first kappa shape index (κ1) is 13.6. The monoisotopic (exact) mass is 238 g/mol. The maximum Gasteiger partial charge on any atom is 0.226 e. The number of aryl methyl sites for hydroxylation is 1. The highest BCUT2D eigenvalue weighted by molar-refractivity contribution is 5.78. The van der Waals surface area contributed by atoms with Crippen LogP contribution in [-0.2, 0) is 11.2 Å². The van der Waals surface area contributed by atoms with Gasteiger partial charge in [-0.25, -0.2) is 4.39 Å². The van der Waals surface area contributed by atoms with E-state index in [1.807, 2.05) is 6.07 Å². The Hall–Kier alpha value is -1.42. The van der Waals surface area contributed by atoms with Gasteiger partial charge in [0, 0.05) is 20.6 Å². The molecule has 4 heteroatoms. The van der Waals surface area contributed by atoms with E-state index in [9.17, 15) is 9.18 Å². The molecule has 0 saturated carbocycles. The number of halogens is 1. The fraction of sp³-hybridized carbons (Fsp3) is 0.462. The van der Waals surface area contributed by atoms with Crippen molar-refractivity contribution in [3.05, 3.63) is 35.1 Å². The zero-order chi connectivity index (χ0) is 13.0. The van der Waals surface area contributed by atoms with Crippen molar-refractivity contribution in [1.82, 2.24) is 4.90 Å². The maximum atomic E-state index is 13.4. The van der Waals surface area contributed by atoms with Gasteiger partial charge in [-0.3, -0.25) is 4.79 Å². The molecule has 0 spiro atoms.